The van der Waals surface area contributed by atoms with Crippen LogP contribution in [0.3, 0.4) is 0 Å². The van der Waals surface area contributed by atoms with E-state index in [4.69, 9.17) is 5.73 Å². The van der Waals surface area contributed by atoms with Crippen LogP contribution in [0.5, 0.6) is 5.75 Å². The summed E-state index contributed by atoms with van der Waals surface area (Å²) in [4.78, 5) is 82.0. The third kappa shape index (κ3) is 10.9. The van der Waals surface area contributed by atoms with Crippen molar-refractivity contribution in [3.63, 3.8) is 0 Å². The molecule has 3 aromatic carbocycles. The minimum atomic E-state index is -1.36. The number of nitrogens with two attached hydrogens (primary N) is 1. The number of aromatic hydroxyl groups is 1. The van der Waals surface area contributed by atoms with Crippen LogP contribution in [-0.2, 0) is 48.0 Å². The van der Waals surface area contributed by atoms with E-state index in [1.165, 1.54) is 12.1 Å². The van der Waals surface area contributed by atoms with Crippen LogP contribution in [0.2, 0.25) is 0 Å². The number of benzene rings is 3. The minimum absolute atomic E-state index is 0.00899. The lowest BCUT2D eigenvalue weighted by atomic mass is 10.0. The number of carbonyl (C=O) groups excluding carboxylic acids is 5. The predicted octanol–water partition coefficient (Wildman–Crippen LogP) is 0.943. The van der Waals surface area contributed by atoms with Crippen LogP contribution < -0.4 is 32.3 Å². The number of fused-ring (bicyclic) bond motifs is 1. The Morgan fingerprint density at radius 2 is 1.31 bits per heavy atom. The zero-order valence-corrected chi connectivity index (χ0v) is 29.5. The van der Waals surface area contributed by atoms with Crippen molar-refractivity contribution in [3.05, 3.63) is 102 Å². The molecule has 0 unspecified atom stereocenters. The molecular weight excluding hydrogens is 694 g/mol. The molecule has 1 aliphatic heterocycles. The fourth-order valence-electron chi connectivity index (χ4n) is 6.41. The Bertz CT molecular complexity index is 1940. The van der Waals surface area contributed by atoms with Gasteiger partial charge in [0.05, 0.1) is 6.04 Å². The predicted molar refractivity (Wildman–Crippen MR) is 199 cm³/mol. The van der Waals surface area contributed by atoms with Gasteiger partial charge in [0, 0.05) is 42.8 Å². The molecule has 0 bridgehead atoms. The van der Waals surface area contributed by atoms with Crippen LogP contribution in [-0.4, -0.2) is 87.5 Å². The highest BCUT2D eigenvalue weighted by molar-refractivity contribution is 5.96. The van der Waals surface area contributed by atoms with Gasteiger partial charge in [-0.25, -0.2) is 4.79 Å². The number of H-pyrrole nitrogens is 1. The second-order valence-electron chi connectivity index (χ2n) is 13.4. The molecule has 10 N–H and O–H groups in total. The number of phenols is 1. The van der Waals surface area contributed by atoms with E-state index in [2.05, 4.69) is 31.6 Å². The number of aromatic nitrogens is 1. The van der Waals surface area contributed by atoms with Crippen molar-refractivity contribution < 1.29 is 39.0 Å². The third-order valence-corrected chi connectivity index (χ3v) is 9.33. The number of carboxylic acids is 1. The Morgan fingerprint density at radius 3 is 1.93 bits per heavy atom. The normalized spacial score (nSPS) is 16.0. The molecule has 5 amide bonds. The number of para-hydroxylation sites is 1. The van der Waals surface area contributed by atoms with Crippen molar-refractivity contribution in [2.45, 2.75) is 75.2 Å². The highest BCUT2D eigenvalue weighted by Gasteiger charge is 2.33. The zero-order valence-electron chi connectivity index (χ0n) is 29.5. The van der Waals surface area contributed by atoms with Crippen LogP contribution >= 0.6 is 0 Å². The van der Waals surface area contributed by atoms with E-state index in [-0.39, 0.29) is 37.9 Å². The van der Waals surface area contributed by atoms with Gasteiger partial charge in [0.15, 0.2) is 0 Å². The third-order valence-electron chi connectivity index (χ3n) is 9.33. The molecule has 5 atom stereocenters. The second kappa shape index (κ2) is 18.5. The van der Waals surface area contributed by atoms with E-state index in [1.807, 2.05) is 24.3 Å². The first-order valence-electron chi connectivity index (χ1n) is 17.8. The average molecular weight is 740 g/mol. The summed E-state index contributed by atoms with van der Waals surface area (Å²) < 4.78 is 0. The zero-order chi connectivity index (χ0) is 38.6. The fourth-order valence-corrected chi connectivity index (χ4v) is 6.41. The number of rotatable bonds is 18. The molecule has 1 aliphatic rings. The van der Waals surface area contributed by atoms with Crippen molar-refractivity contribution >= 4 is 46.4 Å². The van der Waals surface area contributed by atoms with Gasteiger partial charge in [0.1, 0.15) is 29.9 Å². The van der Waals surface area contributed by atoms with E-state index in [9.17, 15) is 39.0 Å². The summed E-state index contributed by atoms with van der Waals surface area (Å²) in [6.07, 6.45) is 2.58. The molecule has 1 aromatic heterocycles. The summed E-state index contributed by atoms with van der Waals surface area (Å²) in [7, 11) is 0. The average Bonchev–Trinajstić information content (AvgIpc) is 3.85. The number of hydrogen-bond donors (Lipinski definition) is 9. The summed E-state index contributed by atoms with van der Waals surface area (Å²) in [5.74, 6) is -4.67. The summed E-state index contributed by atoms with van der Waals surface area (Å²) in [5, 5.41) is 34.5. The molecule has 0 saturated carbocycles. The number of primary amides is 1. The van der Waals surface area contributed by atoms with Crippen LogP contribution in [0.4, 0.5) is 0 Å². The second-order valence-corrected chi connectivity index (χ2v) is 13.4. The number of aromatic amines is 1. The summed E-state index contributed by atoms with van der Waals surface area (Å²) in [6, 6.07) is 16.5. The first-order valence-corrected chi connectivity index (χ1v) is 17.8. The van der Waals surface area contributed by atoms with Crippen molar-refractivity contribution in [1.29, 1.82) is 0 Å². The SMILES string of the molecule is NC(=O)CC[C@H](NC(=O)[C@@H]1CCCN1)C(=O)N[C@@H](Cc1ccccc1)C(=O)N[C@@H](Cc1ccc(O)cc1)C(=O)N[C@@H](Cc1c[nH]c2ccccc12)C(=O)O. The Hall–Kier alpha value is -6.22. The maximum Gasteiger partial charge on any atom is 0.326 e. The minimum Gasteiger partial charge on any atom is -0.508 e. The highest BCUT2D eigenvalue weighted by Crippen LogP contribution is 2.20. The Kier molecular flexibility index (Phi) is 13.4. The monoisotopic (exact) mass is 739 g/mol. The number of hydrogen-bond acceptors (Lipinski definition) is 8. The fraction of sp³-hybridized carbons (Fsp3) is 0.333. The van der Waals surface area contributed by atoms with Crippen LogP contribution in [0.25, 0.3) is 10.9 Å². The smallest absolute Gasteiger partial charge is 0.326 e. The number of aliphatic carboxylic acids is 1. The van der Waals surface area contributed by atoms with Gasteiger partial charge in [-0.15, -0.1) is 0 Å². The first-order chi connectivity index (χ1) is 26.0. The quantitative estimate of drug-likeness (QED) is 0.0704. The van der Waals surface area contributed by atoms with Gasteiger partial charge in [0.2, 0.25) is 29.5 Å². The lowest BCUT2D eigenvalue weighted by molar-refractivity contribution is -0.142. The van der Waals surface area contributed by atoms with E-state index >= 15 is 0 Å². The molecule has 15 nitrogen and oxygen atoms in total. The van der Waals surface area contributed by atoms with E-state index in [0.29, 0.717) is 29.7 Å². The summed E-state index contributed by atoms with van der Waals surface area (Å²) >= 11 is 0. The molecule has 15 heteroatoms. The molecule has 54 heavy (non-hydrogen) atoms. The van der Waals surface area contributed by atoms with Crippen molar-refractivity contribution in [2.75, 3.05) is 6.54 Å². The molecule has 284 valence electrons. The van der Waals surface area contributed by atoms with Crippen molar-refractivity contribution in [3.8, 4) is 5.75 Å². The summed E-state index contributed by atoms with van der Waals surface area (Å²) in [5.41, 5.74) is 8.07. The number of nitrogens with one attached hydrogen (secondary N) is 6. The number of carboxylic acid groups (broad SMARTS) is 1. The van der Waals surface area contributed by atoms with Gasteiger partial charge in [-0.2, -0.15) is 0 Å². The molecule has 0 aliphatic carbocycles. The first kappa shape index (κ1) is 39.0. The standard InChI is InChI=1S/C39H45N7O8/c40-34(48)17-16-30(43-35(49)29-11-6-18-41-29)36(50)44-31(19-23-7-2-1-3-8-23)37(51)45-32(20-24-12-14-26(47)15-13-24)38(52)46-33(39(53)54)21-25-22-42-28-10-5-4-9-27(25)28/h1-5,7-10,12-15,22,29-33,41-42,47H,6,11,16-21H2,(H2,40,48)(H,43,49)(H,44,50)(H,45,51)(H,46,52)(H,53,54)/t29-,30-,31-,32-,33-/m0/s1. The lowest BCUT2D eigenvalue weighted by Gasteiger charge is -2.27. The van der Waals surface area contributed by atoms with Gasteiger partial charge in [-0.1, -0.05) is 60.7 Å². The van der Waals surface area contributed by atoms with Gasteiger partial charge in [0.25, 0.3) is 0 Å². The number of carbonyl (C=O) groups is 6. The maximum atomic E-state index is 14.1. The topological polar surface area (TPSA) is 245 Å². The van der Waals surface area contributed by atoms with E-state index in [1.54, 1.807) is 48.7 Å². The van der Waals surface area contributed by atoms with E-state index in [0.717, 1.165) is 17.3 Å². The molecule has 1 fully saturated rings. The van der Waals surface area contributed by atoms with Crippen LogP contribution in [0, 0.1) is 0 Å². The maximum absolute atomic E-state index is 14.1. The molecule has 4 aromatic rings. The molecular formula is C39H45N7O8. The van der Waals surface area contributed by atoms with Crippen molar-refractivity contribution in [1.82, 2.24) is 31.6 Å². The van der Waals surface area contributed by atoms with Gasteiger partial charge < -0.3 is 47.5 Å². The van der Waals surface area contributed by atoms with Crippen molar-refractivity contribution in [2.24, 2.45) is 5.73 Å². The van der Waals surface area contributed by atoms with Crippen LogP contribution in [0.1, 0.15) is 42.4 Å². The van der Waals surface area contributed by atoms with Gasteiger partial charge in [-0.3, -0.25) is 24.0 Å². The highest BCUT2D eigenvalue weighted by atomic mass is 16.4. The Morgan fingerprint density at radius 1 is 0.722 bits per heavy atom. The van der Waals surface area contributed by atoms with Crippen LogP contribution in [0.15, 0.2) is 85.1 Å². The van der Waals surface area contributed by atoms with E-state index < -0.39 is 65.7 Å². The Labute approximate surface area is 311 Å². The van der Waals surface area contributed by atoms with Gasteiger partial charge in [-0.05, 0) is 60.7 Å². The lowest BCUT2D eigenvalue weighted by Crippen LogP contribution is -2.59. The number of phenolic OH excluding ortho intramolecular Hbond substituents is 1. The molecule has 2 heterocycles. The molecule has 0 spiro atoms. The number of amides is 5. The molecule has 5 rings (SSSR count). The largest absolute Gasteiger partial charge is 0.508 e. The summed E-state index contributed by atoms with van der Waals surface area (Å²) in [6.45, 7) is 0.644. The molecule has 1 saturated heterocycles. The molecule has 0 radical (unpaired) electrons. The van der Waals surface area contributed by atoms with Gasteiger partial charge >= 0.3 is 5.97 Å². The Balaban J connectivity index is 1.38.